The lowest BCUT2D eigenvalue weighted by Crippen LogP contribution is -2.26. The summed E-state index contributed by atoms with van der Waals surface area (Å²) >= 11 is 9.42. The number of benzene rings is 1. The minimum absolute atomic E-state index is 0.0788. The number of hydrogen-bond donors (Lipinski definition) is 1. The van der Waals surface area contributed by atoms with Crippen molar-refractivity contribution in [3.8, 4) is 0 Å². The topological polar surface area (TPSA) is 29.1 Å². The molecule has 1 aliphatic carbocycles. The molecule has 1 N–H and O–H groups in total. The van der Waals surface area contributed by atoms with Crippen molar-refractivity contribution in [2.24, 2.45) is 5.92 Å². The van der Waals surface area contributed by atoms with Crippen LogP contribution in [0, 0.1) is 5.92 Å². The second-order valence-electron chi connectivity index (χ2n) is 5.53. The van der Waals surface area contributed by atoms with Crippen LogP contribution in [0.5, 0.6) is 0 Å². The molecule has 0 spiro atoms. The maximum Gasteiger partial charge on any atom is 0.252 e. The molecule has 1 aliphatic rings. The fourth-order valence-corrected chi connectivity index (χ4v) is 3.37. The summed E-state index contributed by atoms with van der Waals surface area (Å²) < 4.78 is 0.871. The minimum atomic E-state index is -0.0788. The molecule has 0 saturated heterocycles. The third-order valence-corrected chi connectivity index (χ3v) is 4.81. The molecule has 1 saturated carbocycles. The molecule has 0 radical (unpaired) electrons. The summed E-state index contributed by atoms with van der Waals surface area (Å²) in [6.07, 6.45) is 9.14. The Morgan fingerprint density at radius 2 is 1.95 bits per heavy atom. The van der Waals surface area contributed by atoms with Gasteiger partial charge in [-0.1, -0.05) is 66.1 Å². The number of carbonyl (C=O) groups excluding carboxylic acids is 1. The molecule has 1 aromatic carbocycles. The molecule has 4 heteroatoms. The van der Waals surface area contributed by atoms with Crippen molar-refractivity contribution in [1.29, 1.82) is 0 Å². The van der Waals surface area contributed by atoms with Gasteiger partial charge < -0.3 is 5.32 Å². The first-order valence-corrected chi connectivity index (χ1v) is 8.57. The first-order valence-electron chi connectivity index (χ1n) is 7.40. The summed E-state index contributed by atoms with van der Waals surface area (Å²) in [7, 11) is 0. The van der Waals surface area contributed by atoms with Gasteiger partial charge in [-0.2, -0.15) is 0 Å². The van der Waals surface area contributed by atoms with Crippen LogP contribution in [0.1, 0.15) is 55.3 Å². The fourth-order valence-electron chi connectivity index (χ4n) is 2.81. The molecule has 2 nitrogen and oxygen atoms in total. The standard InChI is InChI=1S/C16H21BrClNO/c17-13-7-8-15(18)14(11-13)16(20)19-10-9-12-5-3-1-2-4-6-12/h7-8,11-12H,1-6,9-10H2,(H,19,20). The van der Waals surface area contributed by atoms with Crippen LogP contribution in [0.2, 0.25) is 5.02 Å². The Hall–Kier alpha value is -0.540. The SMILES string of the molecule is O=C(NCCC1CCCCCC1)c1cc(Br)ccc1Cl. The zero-order valence-electron chi connectivity index (χ0n) is 11.6. The normalized spacial score (nSPS) is 16.7. The van der Waals surface area contributed by atoms with E-state index >= 15 is 0 Å². The van der Waals surface area contributed by atoms with Crippen LogP contribution in [-0.4, -0.2) is 12.5 Å². The highest BCUT2D eigenvalue weighted by Crippen LogP contribution is 2.25. The molecule has 0 aromatic heterocycles. The first kappa shape index (κ1) is 15.8. The Balaban J connectivity index is 1.81. The molecule has 0 atom stereocenters. The fraction of sp³-hybridized carbons (Fsp3) is 0.562. The molecule has 0 bridgehead atoms. The van der Waals surface area contributed by atoms with E-state index in [4.69, 9.17) is 11.6 Å². The molecule has 20 heavy (non-hydrogen) atoms. The monoisotopic (exact) mass is 357 g/mol. The van der Waals surface area contributed by atoms with Crippen molar-refractivity contribution in [3.63, 3.8) is 0 Å². The first-order chi connectivity index (χ1) is 9.66. The van der Waals surface area contributed by atoms with E-state index in [1.54, 1.807) is 12.1 Å². The highest BCUT2D eigenvalue weighted by Gasteiger charge is 2.14. The Morgan fingerprint density at radius 3 is 2.65 bits per heavy atom. The zero-order valence-corrected chi connectivity index (χ0v) is 14.0. The van der Waals surface area contributed by atoms with E-state index in [-0.39, 0.29) is 5.91 Å². The second kappa shape index (κ2) is 8.04. The maximum atomic E-state index is 12.1. The Bertz CT molecular complexity index is 456. The summed E-state index contributed by atoms with van der Waals surface area (Å²) in [6, 6.07) is 5.35. The van der Waals surface area contributed by atoms with Gasteiger partial charge in [0.1, 0.15) is 0 Å². The van der Waals surface area contributed by atoms with Crippen LogP contribution >= 0.6 is 27.5 Å². The average Bonchev–Trinajstić information content (AvgIpc) is 2.70. The lowest BCUT2D eigenvalue weighted by molar-refractivity contribution is 0.0951. The van der Waals surface area contributed by atoms with Gasteiger partial charge in [-0.25, -0.2) is 0 Å². The van der Waals surface area contributed by atoms with Gasteiger partial charge in [0, 0.05) is 11.0 Å². The summed E-state index contributed by atoms with van der Waals surface area (Å²) in [4.78, 5) is 12.1. The van der Waals surface area contributed by atoms with E-state index < -0.39 is 0 Å². The molecule has 0 heterocycles. The van der Waals surface area contributed by atoms with E-state index in [9.17, 15) is 4.79 Å². The van der Waals surface area contributed by atoms with Gasteiger partial charge in [-0.15, -0.1) is 0 Å². The number of halogens is 2. The largest absolute Gasteiger partial charge is 0.352 e. The lowest BCUT2D eigenvalue weighted by atomic mass is 9.97. The van der Waals surface area contributed by atoms with E-state index in [1.165, 1.54) is 38.5 Å². The molecule has 1 fully saturated rings. The lowest BCUT2D eigenvalue weighted by Gasteiger charge is -2.14. The second-order valence-corrected chi connectivity index (χ2v) is 6.85. The number of amides is 1. The van der Waals surface area contributed by atoms with Crippen molar-refractivity contribution in [2.75, 3.05) is 6.54 Å². The Labute approximate surface area is 134 Å². The van der Waals surface area contributed by atoms with E-state index in [2.05, 4.69) is 21.2 Å². The number of rotatable bonds is 4. The third-order valence-electron chi connectivity index (χ3n) is 3.99. The van der Waals surface area contributed by atoms with Gasteiger partial charge in [-0.05, 0) is 30.5 Å². The summed E-state index contributed by atoms with van der Waals surface area (Å²) in [6.45, 7) is 0.742. The van der Waals surface area contributed by atoms with E-state index in [1.807, 2.05) is 6.07 Å². The van der Waals surface area contributed by atoms with Crippen molar-refractivity contribution < 1.29 is 4.79 Å². The number of nitrogens with one attached hydrogen (secondary N) is 1. The summed E-state index contributed by atoms with van der Waals surface area (Å²) in [5.74, 6) is 0.695. The molecular formula is C16H21BrClNO. The van der Waals surface area contributed by atoms with Gasteiger partial charge >= 0.3 is 0 Å². The summed E-state index contributed by atoms with van der Waals surface area (Å²) in [5, 5.41) is 3.49. The van der Waals surface area contributed by atoms with E-state index in [0.717, 1.165) is 23.4 Å². The molecule has 0 aliphatic heterocycles. The molecule has 1 aromatic rings. The highest BCUT2D eigenvalue weighted by atomic mass is 79.9. The smallest absolute Gasteiger partial charge is 0.252 e. The van der Waals surface area contributed by atoms with Crippen LogP contribution < -0.4 is 5.32 Å². The average molecular weight is 359 g/mol. The molecular weight excluding hydrogens is 338 g/mol. The van der Waals surface area contributed by atoms with Gasteiger partial charge in [0.25, 0.3) is 5.91 Å². The maximum absolute atomic E-state index is 12.1. The minimum Gasteiger partial charge on any atom is -0.352 e. The summed E-state index contributed by atoms with van der Waals surface area (Å²) in [5.41, 5.74) is 0.543. The predicted octanol–water partition coefficient (Wildman–Crippen LogP) is 5.19. The highest BCUT2D eigenvalue weighted by molar-refractivity contribution is 9.10. The van der Waals surface area contributed by atoms with Crippen molar-refractivity contribution in [2.45, 2.75) is 44.9 Å². The molecule has 110 valence electrons. The van der Waals surface area contributed by atoms with Crippen LogP contribution in [-0.2, 0) is 0 Å². The van der Waals surface area contributed by atoms with Gasteiger partial charge in [0.15, 0.2) is 0 Å². The van der Waals surface area contributed by atoms with Crippen molar-refractivity contribution >= 4 is 33.4 Å². The van der Waals surface area contributed by atoms with E-state index in [0.29, 0.717) is 10.6 Å². The van der Waals surface area contributed by atoms with Gasteiger partial charge in [0.05, 0.1) is 10.6 Å². The van der Waals surface area contributed by atoms with Gasteiger partial charge in [-0.3, -0.25) is 4.79 Å². The zero-order chi connectivity index (χ0) is 14.4. The molecule has 0 unspecified atom stereocenters. The quantitative estimate of drug-likeness (QED) is 0.737. The number of carbonyl (C=O) groups is 1. The van der Waals surface area contributed by atoms with Gasteiger partial charge in [0.2, 0.25) is 0 Å². The van der Waals surface area contributed by atoms with Crippen LogP contribution in [0.15, 0.2) is 22.7 Å². The van der Waals surface area contributed by atoms with Crippen LogP contribution in [0.25, 0.3) is 0 Å². The Kier molecular flexibility index (Phi) is 6.37. The van der Waals surface area contributed by atoms with Crippen molar-refractivity contribution in [3.05, 3.63) is 33.3 Å². The van der Waals surface area contributed by atoms with Crippen molar-refractivity contribution in [1.82, 2.24) is 5.32 Å². The molecule has 1 amide bonds. The van der Waals surface area contributed by atoms with Crippen LogP contribution in [0.4, 0.5) is 0 Å². The van der Waals surface area contributed by atoms with Crippen LogP contribution in [0.3, 0.4) is 0 Å². The predicted molar refractivity (Wildman–Crippen MR) is 87.3 cm³/mol. The molecule has 2 rings (SSSR count). The number of hydrogen-bond acceptors (Lipinski definition) is 1. The third kappa shape index (κ3) is 4.78. The Morgan fingerprint density at radius 1 is 1.25 bits per heavy atom.